The maximum absolute atomic E-state index is 12.2. The highest BCUT2D eigenvalue weighted by Crippen LogP contribution is 2.44. The van der Waals surface area contributed by atoms with Gasteiger partial charge in [0.2, 0.25) is 5.91 Å². The third-order valence-electron chi connectivity index (χ3n) is 4.65. The average Bonchev–Trinajstić information content (AvgIpc) is 3.25. The van der Waals surface area contributed by atoms with E-state index < -0.39 is 0 Å². The molecular formula is C16H21NO2. The molecule has 0 spiro atoms. The molecule has 2 aliphatic rings. The SMILES string of the molecule is O=C(NCC1(CO)CC1)C1CCc2ccccc2C1. The molecule has 2 N–H and O–H groups in total. The van der Waals surface area contributed by atoms with E-state index in [-0.39, 0.29) is 23.8 Å². The number of carbonyl (C=O) groups excluding carboxylic acids is 1. The number of hydrogen-bond acceptors (Lipinski definition) is 2. The van der Waals surface area contributed by atoms with E-state index in [9.17, 15) is 9.90 Å². The molecule has 19 heavy (non-hydrogen) atoms. The normalized spacial score (nSPS) is 23.5. The lowest BCUT2D eigenvalue weighted by Crippen LogP contribution is -2.38. The van der Waals surface area contributed by atoms with Crippen molar-refractivity contribution in [2.24, 2.45) is 11.3 Å². The highest BCUT2D eigenvalue weighted by molar-refractivity contribution is 5.79. The summed E-state index contributed by atoms with van der Waals surface area (Å²) in [6.07, 6.45) is 4.87. The Labute approximate surface area is 114 Å². The fourth-order valence-corrected chi connectivity index (χ4v) is 2.91. The molecule has 0 bridgehead atoms. The molecule has 0 heterocycles. The molecule has 1 fully saturated rings. The topological polar surface area (TPSA) is 49.3 Å². The predicted octanol–water partition coefficient (Wildman–Crippen LogP) is 1.68. The van der Waals surface area contributed by atoms with Gasteiger partial charge in [0.05, 0.1) is 6.61 Å². The first-order chi connectivity index (χ1) is 9.22. The minimum Gasteiger partial charge on any atom is -0.396 e. The van der Waals surface area contributed by atoms with E-state index in [1.807, 2.05) is 6.07 Å². The second kappa shape index (κ2) is 4.97. The monoisotopic (exact) mass is 259 g/mol. The first kappa shape index (κ1) is 12.7. The van der Waals surface area contributed by atoms with Crippen LogP contribution in [0.5, 0.6) is 0 Å². The molecule has 3 nitrogen and oxygen atoms in total. The van der Waals surface area contributed by atoms with Crippen molar-refractivity contribution >= 4 is 5.91 Å². The van der Waals surface area contributed by atoms with Gasteiger partial charge in [0.15, 0.2) is 0 Å². The number of amides is 1. The summed E-state index contributed by atoms with van der Waals surface area (Å²) < 4.78 is 0. The van der Waals surface area contributed by atoms with Crippen LogP contribution < -0.4 is 5.32 Å². The molecule has 1 atom stereocenters. The largest absolute Gasteiger partial charge is 0.396 e. The van der Waals surface area contributed by atoms with Gasteiger partial charge in [0.1, 0.15) is 0 Å². The van der Waals surface area contributed by atoms with Crippen LogP contribution in [0.15, 0.2) is 24.3 Å². The van der Waals surface area contributed by atoms with Gasteiger partial charge in [-0.3, -0.25) is 4.79 Å². The summed E-state index contributed by atoms with van der Waals surface area (Å²) in [5, 5.41) is 12.3. The zero-order valence-electron chi connectivity index (χ0n) is 11.2. The minimum absolute atomic E-state index is 0.00222. The summed E-state index contributed by atoms with van der Waals surface area (Å²) in [5.41, 5.74) is 2.71. The Bertz CT molecular complexity index is 479. The van der Waals surface area contributed by atoms with Gasteiger partial charge >= 0.3 is 0 Å². The summed E-state index contributed by atoms with van der Waals surface area (Å²) in [6.45, 7) is 0.835. The average molecular weight is 259 g/mol. The van der Waals surface area contributed by atoms with E-state index in [0.29, 0.717) is 6.54 Å². The van der Waals surface area contributed by atoms with Crippen LogP contribution in [0.1, 0.15) is 30.4 Å². The number of fused-ring (bicyclic) bond motifs is 1. The lowest BCUT2D eigenvalue weighted by molar-refractivity contribution is -0.125. The molecule has 0 aliphatic heterocycles. The summed E-state index contributed by atoms with van der Waals surface area (Å²) in [4.78, 5) is 12.2. The van der Waals surface area contributed by atoms with Crippen molar-refractivity contribution < 1.29 is 9.90 Å². The van der Waals surface area contributed by atoms with Gasteiger partial charge in [0.25, 0.3) is 0 Å². The standard InChI is InChI=1S/C16H21NO2/c18-11-16(7-8-16)10-17-15(19)14-6-5-12-3-1-2-4-13(12)9-14/h1-4,14,18H,5-11H2,(H,17,19). The lowest BCUT2D eigenvalue weighted by atomic mass is 9.83. The van der Waals surface area contributed by atoms with Gasteiger partial charge in [-0.25, -0.2) is 0 Å². The van der Waals surface area contributed by atoms with Gasteiger partial charge in [-0.15, -0.1) is 0 Å². The first-order valence-corrected chi connectivity index (χ1v) is 7.18. The van der Waals surface area contributed by atoms with E-state index >= 15 is 0 Å². The molecular weight excluding hydrogens is 238 g/mol. The summed E-state index contributed by atoms with van der Waals surface area (Å²) in [6, 6.07) is 8.40. The van der Waals surface area contributed by atoms with Gasteiger partial charge in [-0.05, 0) is 43.2 Å². The maximum atomic E-state index is 12.2. The number of aliphatic hydroxyl groups is 1. The number of nitrogens with one attached hydrogen (secondary N) is 1. The molecule has 1 aromatic carbocycles. The van der Waals surface area contributed by atoms with E-state index in [2.05, 4.69) is 23.5 Å². The molecule has 3 heteroatoms. The molecule has 0 aromatic heterocycles. The van der Waals surface area contributed by atoms with Crippen molar-refractivity contribution in [2.75, 3.05) is 13.2 Å². The van der Waals surface area contributed by atoms with Crippen molar-refractivity contribution in [3.05, 3.63) is 35.4 Å². The molecule has 3 rings (SSSR count). The van der Waals surface area contributed by atoms with Gasteiger partial charge < -0.3 is 10.4 Å². The first-order valence-electron chi connectivity index (χ1n) is 7.18. The molecule has 102 valence electrons. The fraction of sp³-hybridized carbons (Fsp3) is 0.562. The van der Waals surface area contributed by atoms with Gasteiger partial charge in [-0.1, -0.05) is 24.3 Å². The number of benzene rings is 1. The van der Waals surface area contributed by atoms with Crippen LogP contribution in [0.3, 0.4) is 0 Å². The van der Waals surface area contributed by atoms with Gasteiger partial charge in [-0.2, -0.15) is 0 Å². The summed E-state index contributed by atoms with van der Waals surface area (Å²) in [5.74, 6) is 0.263. The van der Waals surface area contributed by atoms with E-state index in [0.717, 1.165) is 32.1 Å². The molecule has 0 radical (unpaired) electrons. The van der Waals surface area contributed by atoms with Crippen LogP contribution in [0.25, 0.3) is 0 Å². The fourth-order valence-electron chi connectivity index (χ4n) is 2.91. The van der Waals surface area contributed by atoms with Crippen LogP contribution in [0.2, 0.25) is 0 Å². The quantitative estimate of drug-likeness (QED) is 0.864. The third kappa shape index (κ3) is 2.66. The second-order valence-corrected chi connectivity index (χ2v) is 6.08. The second-order valence-electron chi connectivity index (χ2n) is 6.08. The van der Waals surface area contributed by atoms with Crippen molar-refractivity contribution in [3.8, 4) is 0 Å². The number of rotatable bonds is 4. The van der Waals surface area contributed by atoms with Gasteiger partial charge in [0, 0.05) is 17.9 Å². The number of carbonyl (C=O) groups is 1. The maximum Gasteiger partial charge on any atom is 0.223 e. The van der Waals surface area contributed by atoms with Crippen molar-refractivity contribution in [1.82, 2.24) is 5.32 Å². The zero-order chi connectivity index (χ0) is 13.3. The molecule has 1 unspecified atom stereocenters. The van der Waals surface area contributed by atoms with Crippen LogP contribution in [-0.2, 0) is 17.6 Å². The van der Waals surface area contributed by atoms with Crippen molar-refractivity contribution in [1.29, 1.82) is 0 Å². The number of aliphatic hydroxyl groups excluding tert-OH is 1. The van der Waals surface area contributed by atoms with Crippen molar-refractivity contribution in [3.63, 3.8) is 0 Å². The summed E-state index contributed by atoms with van der Waals surface area (Å²) >= 11 is 0. The molecule has 0 saturated heterocycles. The Morgan fingerprint density at radius 3 is 2.74 bits per heavy atom. The van der Waals surface area contributed by atoms with E-state index in [4.69, 9.17) is 0 Å². The molecule has 1 aromatic rings. The Kier molecular flexibility index (Phi) is 3.31. The zero-order valence-corrected chi connectivity index (χ0v) is 11.2. The molecule has 1 saturated carbocycles. The Balaban J connectivity index is 1.57. The highest BCUT2D eigenvalue weighted by atomic mass is 16.3. The Morgan fingerprint density at radius 2 is 2.05 bits per heavy atom. The van der Waals surface area contributed by atoms with Crippen LogP contribution in [-0.4, -0.2) is 24.2 Å². The molecule has 1 amide bonds. The summed E-state index contributed by atoms with van der Waals surface area (Å²) in [7, 11) is 0. The van der Waals surface area contributed by atoms with Crippen LogP contribution in [0.4, 0.5) is 0 Å². The van der Waals surface area contributed by atoms with Crippen LogP contribution >= 0.6 is 0 Å². The van der Waals surface area contributed by atoms with Crippen LogP contribution in [0, 0.1) is 11.3 Å². The highest BCUT2D eigenvalue weighted by Gasteiger charge is 2.42. The predicted molar refractivity (Wildman–Crippen MR) is 73.7 cm³/mol. The smallest absolute Gasteiger partial charge is 0.223 e. The molecule has 2 aliphatic carbocycles. The van der Waals surface area contributed by atoms with E-state index in [1.54, 1.807) is 0 Å². The third-order valence-corrected chi connectivity index (χ3v) is 4.65. The lowest BCUT2D eigenvalue weighted by Gasteiger charge is -2.24. The Hall–Kier alpha value is -1.35. The van der Waals surface area contributed by atoms with E-state index in [1.165, 1.54) is 11.1 Å². The number of hydrogen-bond donors (Lipinski definition) is 2. The Morgan fingerprint density at radius 1 is 1.32 bits per heavy atom. The number of aryl methyl sites for hydroxylation is 1. The minimum atomic E-state index is 0.00222. The van der Waals surface area contributed by atoms with Crippen molar-refractivity contribution in [2.45, 2.75) is 32.1 Å².